The first-order chi connectivity index (χ1) is 15.6. The van der Waals surface area contributed by atoms with Crippen LogP contribution < -0.4 is 32.3 Å². The lowest BCUT2D eigenvalue weighted by Gasteiger charge is -2.10. The summed E-state index contributed by atoms with van der Waals surface area (Å²) in [6.45, 7) is 0.930. The van der Waals surface area contributed by atoms with E-state index >= 15 is 0 Å². The average molecular weight is 441 g/mol. The van der Waals surface area contributed by atoms with Crippen LogP contribution in [-0.2, 0) is 0 Å². The van der Waals surface area contributed by atoms with Gasteiger partial charge in [0, 0.05) is 24.2 Å². The highest BCUT2D eigenvalue weighted by molar-refractivity contribution is 5.95. The summed E-state index contributed by atoms with van der Waals surface area (Å²) in [6.07, 6.45) is 3.26. The highest BCUT2D eigenvalue weighted by Gasteiger charge is 2.07. The molecule has 10 heteroatoms. The van der Waals surface area contributed by atoms with Gasteiger partial charge in [-0.3, -0.25) is 20.4 Å². The second kappa shape index (κ2) is 14.0. The fourth-order valence-electron chi connectivity index (χ4n) is 2.65. The van der Waals surface area contributed by atoms with E-state index in [0.717, 1.165) is 25.7 Å². The number of carbonyl (C=O) groups excluding carboxylic acids is 4. The molecule has 0 radical (unpaired) electrons. The van der Waals surface area contributed by atoms with Crippen molar-refractivity contribution >= 4 is 23.9 Å². The predicted octanol–water partition coefficient (Wildman–Crippen LogP) is 1.84. The van der Waals surface area contributed by atoms with E-state index < -0.39 is 23.9 Å². The zero-order valence-corrected chi connectivity index (χ0v) is 17.6. The van der Waals surface area contributed by atoms with Gasteiger partial charge in [0.2, 0.25) is 0 Å². The van der Waals surface area contributed by atoms with Crippen molar-refractivity contribution in [3.8, 4) is 0 Å². The van der Waals surface area contributed by atoms with Crippen molar-refractivity contribution in [3.05, 3.63) is 71.8 Å². The molecule has 0 saturated carbocycles. The van der Waals surface area contributed by atoms with E-state index in [9.17, 15) is 19.2 Å². The molecule has 6 amide bonds. The lowest BCUT2D eigenvalue weighted by Crippen LogP contribution is -2.47. The second-order valence-electron chi connectivity index (χ2n) is 6.82. The first-order valence-corrected chi connectivity index (χ1v) is 10.3. The van der Waals surface area contributed by atoms with Gasteiger partial charge in [-0.05, 0) is 37.1 Å². The molecule has 0 unspecified atom stereocenters. The summed E-state index contributed by atoms with van der Waals surface area (Å²) >= 11 is 0. The molecule has 0 spiro atoms. The molecule has 10 nitrogen and oxygen atoms in total. The molecule has 0 saturated heterocycles. The van der Waals surface area contributed by atoms with E-state index in [1.165, 1.54) is 0 Å². The van der Waals surface area contributed by atoms with Crippen LogP contribution in [0.3, 0.4) is 0 Å². The summed E-state index contributed by atoms with van der Waals surface area (Å²) < 4.78 is 0. The van der Waals surface area contributed by atoms with Gasteiger partial charge in [-0.1, -0.05) is 49.2 Å². The highest BCUT2D eigenvalue weighted by atomic mass is 16.2. The maximum atomic E-state index is 11.8. The Balaban J connectivity index is 1.42. The van der Waals surface area contributed by atoms with Gasteiger partial charge in [0.1, 0.15) is 0 Å². The molecule has 0 aliphatic rings. The zero-order chi connectivity index (χ0) is 23.0. The fourth-order valence-corrected chi connectivity index (χ4v) is 2.65. The van der Waals surface area contributed by atoms with Crippen LogP contribution in [0.2, 0.25) is 0 Å². The van der Waals surface area contributed by atoms with E-state index in [2.05, 4.69) is 32.3 Å². The van der Waals surface area contributed by atoms with Gasteiger partial charge in [0.15, 0.2) is 0 Å². The van der Waals surface area contributed by atoms with Crippen molar-refractivity contribution in [2.45, 2.75) is 25.7 Å². The Morgan fingerprint density at radius 3 is 1.25 bits per heavy atom. The third kappa shape index (κ3) is 9.61. The number of amides is 6. The molecule has 0 bridgehead atoms. The summed E-state index contributed by atoms with van der Waals surface area (Å²) in [7, 11) is 0. The number of nitrogens with one attached hydrogen (secondary N) is 6. The Labute approximate surface area is 186 Å². The molecule has 0 aromatic heterocycles. The van der Waals surface area contributed by atoms with Crippen LogP contribution >= 0.6 is 0 Å². The molecule has 2 aromatic rings. The number of hydrogen-bond acceptors (Lipinski definition) is 4. The third-order valence-electron chi connectivity index (χ3n) is 4.33. The molecule has 2 rings (SSSR count). The molecular formula is C22H28N6O4. The molecule has 170 valence electrons. The number of hydrogen-bond donors (Lipinski definition) is 6. The van der Waals surface area contributed by atoms with Gasteiger partial charge < -0.3 is 10.6 Å². The Bertz CT molecular complexity index is 803. The monoisotopic (exact) mass is 440 g/mol. The first kappa shape index (κ1) is 24.2. The maximum absolute atomic E-state index is 11.8. The quantitative estimate of drug-likeness (QED) is 0.261. The first-order valence-electron chi connectivity index (χ1n) is 10.3. The van der Waals surface area contributed by atoms with Gasteiger partial charge in [-0.15, -0.1) is 0 Å². The van der Waals surface area contributed by atoms with Crippen LogP contribution in [0.15, 0.2) is 60.7 Å². The number of unbranched alkanes of at least 4 members (excludes halogenated alkanes) is 3. The van der Waals surface area contributed by atoms with Crippen LogP contribution in [-0.4, -0.2) is 37.0 Å². The minimum atomic E-state index is -0.481. The highest BCUT2D eigenvalue weighted by Crippen LogP contribution is 1.99. The van der Waals surface area contributed by atoms with Crippen LogP contribution in [0.4, 0.5) is 9.59 Å². The molecule has 0 heterocycles. The van der Waals surface area contributed by atoms with Crippen LogP contribution in [0.5, 0.6) is 0 Å². The lowest BCUT2D eigenvalue weighted by atomic mass is 10.2. The number of urea groups is 2. The Hall–Kier alpha value is -4.08. The molecule has 0 aliphatic carbocycles. The summed E-state index contributed by atoms with van der Waals surface area (Å²) in [5.41, 5.74) is 10.2. The predicted molar refractivity (Wildman–Crippen MR) is 119 cm³/mol. The Morgan fingerprint density at radius 2 is 0.875 bits per heavy atom. The Morgan fingerprint density at radius 1 is 0.500 bits per heavy atom. The fraction of sp³-hybridized carbons (Fsp3) is 0.273. The number of carbonyl (C=O) groups is 4. The van der Waals surface area contributed by atoms with E-state index in [1.54, 1.807) is 60.7 Å². The van der Waals surface area contributed by atoms with Gasteiger partial charge in [-0.25, -0.2) is 20.4 Å². The van der Waals surface area contributed by atoms with Gasteiger partial charge in [0.25, 0.3) is 11.8 Å². The molecule has 0 aliphatic heterocycles. The molecule has 6 N–H and O–H groups in total. The smallest absolute Gasteiger partial charge is 0.333 e. The number of benzene rings is 2. The second-order valence-corrected chi connectivity index (χ2v) is 6.82. The standard InChI is InChI=1S/C22H28N6O4/c29-19(17-11-5-3-6-12-17)25-27-21(31)23-15-9-1-2-10-16-24-22(32)28-26-20(30)18-13-7-4-8-14-18/h3-8,11-14H,1-2,9-10,15-16H2,(H,25,29)(H,26,30)(H2,23,27,31)(H2,24,28,32). The molecule has 2 aromatic carbocycles. The van der Waals surface area contributed by atoms with E-state index in [1.807, 2.05) is 0 Å². The molecule has 32 heavy (non-hydrogen) atoms. The van der Waals surface area contributed by atoms with Crippen molar-refractivity contribution in [1.29, 1.82) is 0 Å². The van der Waals surface area contributed by atoms with Crippen LogP contribution in [0.1, 0.15) is 46.4 Å². The SMILES string of the molecule is O=C(NCCCCCCNC(=O)NNC(=O)c1ccccc1)NNC(=O)c1ccccc1. The van der Waals surface area contributed by atoms with Crippen molar-refractivity contribution in [3.63, 3.8) is 0 Å². The largest absolute Gasteiger partial charge is 0.337 e. The maximum Gasteiger partial charge on any atom is 0.333 e. The van der Waals surface area contributed by atoms with E-state index in [0.29, 0.717) is 24.2 Å². The normalized spacial score (nSPS) is 9.88. The van der Waals surface area contributed by atoms with E-state index in [4.69, 9.17) is 0 Å². The molecule has 0 atom stereocenters. The topological polar surface area (TPSA) is 140 Å². The molecule has 0 fully saturated rings. The van der Waals surface area contributed by atoms with Gasteiger partial charge in [0.05, 0.1) is 0 Å². The van der Waals surface area contributed by atoms with Crippen molar-refractivity contribution in [1.82, 2.24) is 32.3 Å². The van der Waals surface area contributed by atoms with Crippen LogP contribution in [0, 0.1) is 0 Å². The van der Waals surface area contributed by atoms with Crippen molar-refractivity contribution in [2.24, 2.45) is 0 Å². The number of hydrazine groups is 2. The Kier molecular flexibility index (Phi) is 10.6. The van der Waals surface area contributed by atoms with E-state index in [-0.39, 0.29) is 0 Å². The average Bonchev–Trinajstić information content (AvgIpc) is 2.83. The summed E-state index contributed by atoms with van der Waals surface area (Å²) in [5, 5.41) is 5.31. The van der Waals surface area contributed by atoms with Crippen molar-refractivity contribution < 1.29 is 19.2 Å². The summed E-state index contributed by atoms with van der Waals surface area (Å²) in [4.78, 5) is 46.9. The third-order valence-corrected chi connectivity index (χ3v) is 4.33. The lowest BCUT2D eigenvalue weighted by molar-refractivity contribution is 0.0929. The minimum absolute atomic E-state index is 0.392. The summed E-state index contributed by atoms with van der Waals surface area (Å²) in [5.74, 6) is -0.783. The van der Waals surface area contributed by atoms with Crippen LogP contribution in [0.25, 0.3) is 0 Å². The minimum Gasteiger partial charge on any atom is -0.337 e. The van der Waals surface area contributed by atoms with Crippen molar-refractivity contribution in [2.75, 3.05) is 13.1 Å². The van der Waals surface area contributed by atoms with Gasteiger partial charge >= 0.3 is 12.1 Å². The van der Waals surface area contributed by atoms with Gasteiger partial charge in [-0.2, -0.15) is 0 Å². The zero-order valence-electron chi connectivity index (χ0n) is 17.6. The number of rotatable bonds is 9. The summed E-state index contributed by atoms with van der Waals surface area (Å²) in [6, 6.07) is 16.2. The molecular weight excluding hydrogens is 412 g/mol.